The lowest BCUT2D eigenvalue weighted by Gasteiger charge is -2.31. The summed E-state index contributed by atoms with van der Waals surface area (Å²) in [6, 6.07) is 26.2. The van der Waals surface area contributed by atoms with Crippen LogP contribution in [0.25, 0.3) is 22.2 Å². The molecule has 1 saturated heterocycles. The molecule has 6 nitrogen and oxygen atoms in total. The predicted octanol–water partition coefficient (Wildman–Crippen LogP) is 4.96. The minimum absolute atomic E-state index is 0.0263. The van der Waals surface area contributed by atoms with Crippen molar-refractivity contribution in [1.82, 2.24) is 15.4 Å². The summed E-state index contributed by atoms with van der Waals surface area (Å²) in [5.41, 5.74) is 10.9. The van der Waals surface area contributed by atoms with Gasteiger partial charge in [0.05, 0.1) is 16.9 Å². The minimum atomic E-state index is -0.0332. The second kappa shape index (κ2) is 9.28. The van der Waals surface area contributed by atoms with Crippen LogP contribution in [0.3, 0.4) is 0 Å². The molecule has 0 unspecified atom stereocenters. The minimum Gasteiger partial charge on any atom is -0.341 e. The molecule has 1 amide bonds. The van der Waals surface area contributed by atoms with Crippen LogP contribution in [0, 0.1) is 12.8 Å². The Bertz CT molecular complexity index is 1250. The summed E-state index contributed by atoms with van der Waals surface area (Å²) in [6.07, 6.45) is 1.52. The molecule has 1 aliphatic heterocycles. The molecule has 0 radical (unpaired) electrons. The van der Waals surface area contributed by atoms with Crippen molar-refractivity contribution >= 4 is 28.4 Å². The van der Waals surface area contributed by atoms with E-state index in [0.29, 0.717) is 0 Å². The standard InChI is InChI=1S/C27H27N5O/c1-19-12-13-24-23(18-19)25(20-8-4-2-5-9-20)29-27(28-24)32-16-14-21(15-17-32)26(33)31-30-22-10-6-3-7-11-22/h2-13,18,21,30H,14-17H2,1H3,(H,31,33). The lowest BCUT2D eigenvalue weighted by atomic mass is 9.96. The maximum absolute atomic E-state index is 12.6. The van der Waals surface area contributed by atoms with Crippen molar-refractivity contribution in [3.8, 4) is 11.3 Å². The second-order valence-electron chi connectivity index (χ2n) is 8.50. The third-order valence-electron chi connectivity index (χ3n) is 6.14. The van der Waals surface area contributed by atoms with Crippen LogP contribution in [0.4, 0.5) is 11.6 Å². The third kappa shape index (κ3) is 4.65. The van der Waals surface area contributed by atoms with E-state index in [9.17, 15) is 4.79 Å². The summed E-state index contributed by atoms with van der Waals surface area (Å²) in [7, 11) is 0. The van der Waals surface area contributed by atoms with Crippen molar-refractivity contribution in [3.63, 3.8) is 0 Å². The van der Waals surface area contributed by atoms with Crippen molar-refractivity contribution < 1.29 is 4.79 Å². The molecule has 166 valence electrons. The van der Waals surface area contributed by atoms with Crippen LogP contribution >= 0.6 is 0 Å². The number of hydrazine groups is 1. The van der Waals surface area contributed by atoms with E-state index in [4.69, 9.17) is 9.97 Å². The zero-order valence-corrected chi connectivity index (χ0v) is 18.7. The summed E-state index contributed by atoms with van der Waals surface area (Å²) >= 11 is 0. The van der Waals surface area contributed by atoms with Gasteiger partial charge in [0.2, 0.25) is 11.9 Å². The molecule has 0 saturated carbocycles. The molecule has 2 heterocycles. The molecule has 1 aromatic heterocycles. The maximum Gasteiger partial charge on any atom is 0.241 e. The van der Waals surface area contributed by atoms with Gasteiger partial charge in [0, 0.05) is 30.0 Å². The third-order valence-corrected chi connectivity index (χ3v) is 6.14. The number of piperidine rings is 1. The molecule has 33 heavy (non-hydrogen) atoms. The van der Waals surface area contributed by atoms with E-state index in [1.807, 2.05) is 48.5 Å². The Morgan fingerprint density at radius 2 is 1.61 bits per heavy atom. The van der Waals surface area contributed by atoms with Crippen molar-refractivity contribution in [1.29, 1.82) is 0 Å². The SMILES string of the molecule is Cc1ccc2nc(N3CCC(C(=O)NNc4ccccc4)CC3)nc(-c3ccccc3)c2c1. The van der Waals surface area contributed by atoms with Crippen LogP contribution in [0.15, 0.2) is 78.9 Å². The molecule has 1 aliphatic rings. The number of aromatic nitrogens is 2. The molecule has 0 atom stereocenters. The monoisotopic (exact) mass is 437 g/mol. The average Bonchev–Trinajstić information content (AvgIpc) is 2.88. The smallest absolute Gasteiger partial charge is 0.241 e. The molecule has 6 heteroatoms. The zero-order valence-electron chi connectivity index (χ0n) is 18.7. The molecule has 5 rings (SSSR count). The van der Waals surface area contributed by atoms with Gasteiger partial charge >= 0.3 is 0 Å². The molecular weight excluding hydrogens is 410 g/mol. The lowest BCUT2D eigenvalue weighted by molar-refractivity contribution is -0.125. The van der Waals surface area contributed by atoms with Crippen molar-refractivity contribution in [2.45, 2.75) is 19.8 Å². The number of aryl methyl sites for hydroxylation is 1. The van der Waals surface area contributed by atoms with Crippen LogP contribution in [-0.2, 0) is 4.79 Å². The summed E-state index contributed by atoms with van der Waals surface area (Å²) in [6.45, 7) is 3.58. The van der Waals surface area contributed by atoms with Gasteiger partial charge in [-0.25, -0.2) is 9.97 Å². The topological polar surface area (TPSA) is 70.2 Å². The van der Waals surface area contributed by atoms with Crippen molar-refractivity contribution in [2.24, 2.45) is 5.92 Å². The number of para-hydroxylation sites is 1. The highest BCUT2D eigenvalue weighted by molar-refractivity contribution is 5.93. The number of anilines is 2. The molecule has 0 aliphatic carbocycles. The van der Waals surface area contributed by atoms with Gasteiger partial charge in [0.25, 0.3) is 0 Å². The normalized spacial score (nSPS) is 14.3. The fourth-order valence-electron chi connectivity index (χ4n) is 4.29. The molecule has 0 spiro atoms. The van der Waals surface area contributed by atoms with Crippen molar-refractivity contribution in [2.75, 3.05) is 23.4 Å². The number of hydrogen-bond acceptors (Lipinski definition) is 5. The first kappa shape index (κ1) is 20.9. The number of rotatable bonds is 5. The van der Waals surface area contributed by atoms with E-state index in [1.54, 1.807) is 0 Å². The summed E-state index contributed by atoms with van der Waals surface area (Å²) < 4.78 is 0. The first-order valence-corrected chi connectivity index (χ1v) is 11.4. The number of nitrogens with one attached hydrogen (secondary N) is 2. The first-order chi connectivity index (χ1) is 16.2. The highest BCUT2D eigenvalue weighted by Crippen LogP contribution is 2.30. The molecule has 2 N–H and O–H groups in total. The number of carbonyl (C=O) groups excluding carboxylic acids is 1. The fourth-order valence-corrected chi connectivity index (χ4v) is 4.29. The van der Waals surface area contributed by atoms with E-state index >= 15 is 0 Å². The molecule has 1 fully saturated rings. The van der Waals surface area contributed by atoms with E-state index in [0.717, 1.165) is 59.7 Å². The summed E-state index contributed by atoms with van der Waals surface area (Å²) in [4.78, 5) is 24.7. The van der Waals surface area contributed by atoms with Gasteiger partial charge in [-0.3, -0.25) is 15.6 Å². The second-order valence-corrected chi connectivity index (χ2v) is 8.50. The number of amides is 1. The van der Waals surface area contributed by atoms with Gasteiger partial charge in [0.1, 0.15) is 0 Å². The Labute approximate surface area is 193 Å². The number of fused-ring (bicyclic) bond motifs is 1. The van der Waals surface area contributed by atoms with Gasteiger partial charge in [-0.1, -0.05) is 60.2 Å². The molecule has 0 bridgehead atoms. The van der Waals surface area contributed by atoms with Crippen LogP contribution in [-0.4, -0.2) is 29.0 Å². The van der Waals surface area contributed by atoms with E-state index < -0.39 is 0 Å². The quantitative estimate of drug-likeness (QED) is 0.432. The van der Waals surface area contributed by atoms with Crippen LogP contribution in [0.1, 0.15) is 18.4 Å². The molecule has 4 aromatic rings. The van der Waals surface area contributed by atoms with E-state index in [2.05, 4.69) is 53.0 Å². The van der Waals surface area contributed by atoms with Gasteiger partial charge < -0.3 is 4.90 Å². The Balaban J connectivity index is 1.32. The number of carbonyl (C=O) groups is 1. The Morgan fingerprint density at radius 3 is 2.33 bits per heavy atom. The average molecular weight is 438 g/mol. The first-order valence-electron chi connectivity index (χ1n) is 11.4. The van der Waals surface area contributed by atoms with E-state index in [1.165, 1.54) is 5.56 Å². The van der Waals surface area contributed by atoms with Crippen LogP contribution in [0.2, 0.25) is 0 Å². The largest absolute Gasteiger partial charge is 0.341 e. The predicted molar refractivity (Wildman–Crippen MR) is 133 cm³/mol. The highest BCUT2D eigenvalue weighted by atomic mass is 16.2. The number of hydrogen-bond donors (Lipinski definition) is 2. The van der Waals surface area contributed by atoms with Gasteiger partial charge in [-0.05, 0) is 44.0 Å². The number of nitrogens with zero attached hydrogens (tertiary/aromatic N) is 3. The Hall–Kier alpha value is -3.93. The maximum atomic E-state index is 12.6. The van der Waals surface area contributed by atoms with Crippen LogP contribution < -0.4 is 15.8 Å². The van der Waals surface area contributed by atoms with Crippen LogP contribution in [0.5, 0.6) is 0 Å². The van der Waals surface area contributed by atoms with Crippen molar-refractivity contribution in [3.05, 3.63) is 84.4 Å². The molecular formula is C27H27N5O. The highest BCUT2D eigenvalue weighted by Gasteiger charge is 2.27. The van der Waals surface area contributed by atoms with Gasteiger partial charge in [0.15, 0.2) is 0 Å². The van der Waals surface area contributed by atoms with E-state index in [-0.39, 0.29) is 11.8 Å². The molecule has 3 aromatic carbocycles. The summed E-state index contributed by atoms with van der Waals surface area (Å²) in [5.74, 6) is 0.721. The zero-order chi connectivity index (χ0) is 22.6. The van der Waals surface area contributed by atoms with Gasteiger partial charge in [-0.2, -0.15) is 0 Å². The summed E-state index contributed by atoms with van der Waals surface area (Å²) in [5, 5.41) is 1.06. The fraction of sp³-hybridized carbons (Fsp3) is 0.222. The number of benzene rings is 3. The lowest BCUT2D eigenvalue weighted by Crippen LogP contribution is -2.42. The van der Waals surface area contributed by atoms with Gasteiger partial charge in [-0.15, -0.1) is 0 Å². The Morgan fingerprint density at radius 1 is 0.909 bits per heavy atom. The Kier molecular flexibility index (Phi) is 5.89.